The first-order valence-electron chi connectivity index (χ1n) is 10.7. The first kappa shape index (κ1) is 20.1. The van der Waals surface area contributed by atoms with Gasteiger partial charge in [0, 0.05) is 37.0 Å². The first-order chi connectivity index (χ1) is 15.2. The van der Waals surface area contributed by atoms with E-state index in [2.05, 4.69) is 36.6 Å². The first-order valence-corrected chi connectivity index (χ1v) is 11.6. The number of hydrogen-bond donors (Lipinski definition) is 3. The number of pyridine rings is 1. The maximum atomic E-state index is 12.5. The number of H-pyrrole nitrogens is 1. The van der Waals surface area contributed by atoms with Gasteiger partial charge < -0.3 is 20.5 Å². The third-order valence-electron chi connectivity index (χ3n) is 5.87. The summed E-state index contributed by atoms with van der Waals surface area (Å²) in [7, 11) is 0. The molecule has 4 heterocycles. The molecule has 0 spiro atoms. The third kappa shape index (κ3) is 4.75. The molecule has 1 aromatic carbocycles. The van der Waals surface area contributed by atoms with Crippen LogP contribution in [0.4, 0.5) is 0 Å². The Morgan fingerprint density at radius 3 is 3.00 bits per heavy atom. The summed E-state index contributed by atoms with van der Waals surface area (Å²) in [5, 5.41) is 8.58. The number of nitrogens with zero attached hydrogens (tertiary/aromatic N) is 3. The van der Waals surface area contributed by atoms with Crippen LogP contribution < -0.4 is 10.6 Å². The van der Waals surface area contributed by atoms with Gasteiger partial charge >= 0.3 is 0 Å². The zero-order chi connectivity index (χ0) is 21.0. The summed E-state index contributed by atoms with van der Waals surface area (Å²) < 4.78 is 0. The number of aromatic amines is 1. The van der Waals surface area contributed by atoms with Crippen LogP contribution in [0.5, 0.6) is 0 Å². The van der Waals surface area contributed by atoms with Crippen molar-refractivity contribution < 1.29 is 4.79 Å². The summed E-state index contributed by atoms with van der Waals surface area (Å²) in [5.74, 6) is 1.50. The summed E-state index contributed by atoms with van der Waals surface area (Å²) in [6.45, 7) is 3.57. The Bertz CT molecular complexity index is 1050. The quantitative estimate of drug-likeness (QED) is 0.530. The molecule has 8 heteroatoms. The van der Waals surface area contributed by atoms with Gasteiger partial charge in [-0.25, -0.2) is 4.98 Å². The normalized spacial score (nSPS) is 21.2. The Morgan fingerprint density at radius 1 is 1.23 bits per heavy atom. The SMILES string of the molecule is O=C(NCc1ccccn1)C1=CSC(C2CCN(CCc3nc4ccccc4[nH]3)C2)N1. The topological polar surface area (TPSA) is 85.9 Å². The number of para-hydroxylation sites is 2. The second-order valence-corrected chi connectivity index (χ2v) is 9.05. The third-order valence-corrected chi connectivity index (χ3v) is 7.04. The summed E-state index contributed by atoms with van der Waals surface area (Å²) in [6, 6.07) is 13.9. The number of aromatic nitrogens is 3. The average molecular weight is 435 g/mol. The number of fused-ring (bicyclic) bond motifs is 1. The molecule has 31 heavy (non-hydrogen) atoms. The highest BCUT2D eigenvalue weighted by Crippen LogP contribution is 2.32. The van der Waals surface area contributed by atoms with E-state index in [1.165, 1.54) is 0 Å². The molecular formula is C23H26N6OS. The number of amides is 1. The largest absolute Gasteiger partial charge is 0.368 e. The fraction of sp³-hybridized carbons (Fsp3) is 0.348. The fourth-order valence-electron chi connectivity index (χ4n) is 4.18. The van der Waals surface area contributed by atoms with Crippen LogP contribution in [-0.4, -0.2) is 50.8 Å². The number of imidazole rings is 1. The van der Waals surface area contributed by atoms with E-state index >= 15 is 0 Å². The van der Waals surface area contributed by atoms with E-state index in [9.17, 15) is 4.79 Å². The molecule has 160 valence electrons. The minimum Gasteiger partial charge on any atom is -0.368 e. The molecule has 1 amide bonds. The Balaban J connectivity index is 1.07. The Morgan fingerprint density at radius 2 is 2.13 bits per heavy atom. The zero-order valence-corrected chi connectivity index (χ0v) is 18.1. The summed E-state index contributed by atoms with van der Waals surface area (Å²) in [4.78, 5) is 27.3. The molecule has 0 saturated carbocycles. The summed E-state index contributed by atoms with van der Waals surface area (Å²) >= 11 is 1.72. The number of benzene rings is 1. The van der Waals surface area contributed by atoms with Crippen molar-refractivity contribution in [3.05, 3.63) is 71.3 Å². The van der Waals surface area contributed by atoms with Crippen molar-refractivity contribution in [2.75, 3.05) is 19.6 Å². The lowest BCUT2D eigenvalue weighted by molar-refractivity contribution is -0.118. The van der Waals surface area contributed by atoms with Gasteiger partial charge in [-0.05, 0) is 37.2 Å². The highest BCUT2D eigenvalue weighted by atomic mass is 32.2. The van der Waals surface area contributed by atoms with Crippen molar-refractivity contribution in [2.24, 2.45) is 5.92 Å². The Hall–Kier alpha value is -2.84. The van der Waals surface area contributed by atoms with Crippen molar-refractivity contribution in [1.82, 2.24) is 30.5 Å². The minimum absolute atomic E-state index is 0.0691. The van der Waals surface area contributed by atoms with E-state index in [0.29, 0.717) is 18.2 Å². The number of carbonyl (C=O) groups is 1. The van der Waals surface area contributed by atoms with Gasteiger partial charge in [0.05, 0.1) is 28.6 Å². The van der Waals surface area contributed by atoms with Crippen molar-refractivity contribution in [2.45, 2.75) is 24.8 Å². The lowest BCUT2D eigenvalue weighted by Crippen LogP contribution is -2.37. The summed E-state index contributed by atoms with van der Waals surface area (Å²) in [6.07, 6.45) is 3.80. The highest BCUT2D eigenvalue weighted by molar-refractivity contribution is 8.03. The average Bonchev–Trinajstić information content (AvgIpc) is 3.55. The van der Waals surface area contributed by atoms with Crippen LogP contribution in [0.15, 0.2) is 59.8 Å². The molecule has 2 aliphatic rings. The Labute approximate surface area is 185 Å². The number of nitrogens with one attached hydrogen (secondary N) is 3. The molecule has 7 nitrogen and oxygen atoms in total. The van der Waals surface area contributed by atoms with Crippen LogP contribution >= 0.6 is 11.8 Å². The van der Waals surface area contributed by atoms with Crippen molar-refractivity contribution in [3.8, 4) is 0 Å². The number of likely N-dealkylation sites (tertiary alicyclic amines) is 1. The summed E-state index contributed by atoms with van der Waals surface area (Å²) in [5.41, 5.74) is 3.65. The molecule has 1 fully saturated rings. The minimum atomic E-state index is -0.0691. The lowest BCUT2D eigenvalue weighted by Gasteiger charge is -2.20. The van der Waals surface area contributed by atoms with E-state index in [1.54, 1.807) is 18.0 Å². The van der Waals surface area contributed by atoms with Gasteiger partial charge in [-0.15, -0.1) is 11.8 Å². The van der Waals surface area contributed by atoms with Crippen LogP contribution in [0.1, 0.15) is 17.9 Å². The van der Waals surface area contributed by atoms with Crippen LogP contribution in [0, 0.1) is 5.92 Å². The zero-order valence-electron chi connectivity index (χ0n) is 17.3. The molecular weight excluding hydrogens is 408 g/mol. The second kappa shape index (κ2) is 9.11. The molecule has 5 rings (SSSR count). The van der Waals surface area contributed by atoms with Gasteiger partial charge in [0.15, 0.2) is 0 Å². The highest BCUT2D eigenvalue weighted by Gasteiger charge is 2.33. The Kier molecular flexibility index (Phi) is 5.90. The smallest absolute Gasteiger partial charge is 0.268 e. The molecule has 2 unspecified atom stereocenters. The van der Waals surface area contributed by atoms with Gasteiger partial charge in [-0.2, -0.15) is 0 Å². The molecule has 3 aromatic rings. The number of thioether (sulfide) groups is 1. The lowest BCUT2D eigenvalue weighted by atomic mass is 10.1. The van der Waals surface area contributed by atoms with Gasteiger partial charge in [-0.1, -0.05) is 18.2 Å². The van der Waals surface area contributed by atoms with Crippen molar-refractivity contribution in [3.63, 3.8) is 0 Å². The molecule has 0 radical (unpaired) electrons. The van der Waals surface area contributed by atoms with E-state index in [0.717, 1.165) is 55.0 Å². The van der Waals surface area contributed by atoms with Crippen molar-refractivity contribution >= 4 is 28.7 Å². The molecule has 2 atom stereocenters. The maximum absolute atomic E-state index is 12.5. The van der Waals surface area contributed by atoms with Crippen LogP contribution in [-0.2, 0) is 17.8 Å². The van der Waals surface area contributed by atoms with Gasteiger partial charge in [-0.3, -0.25) is 9.78 Å². The maximum Gasteiger partial charge on any atom is 0.268 e. The van der Waals surface area contributed by atoms with Crippen molar-refractivity contribution in [1.29, 1.82) is 0 Å². The molecule has 0 aliphatic carbocycles. The monoisotopic (exact) mass is 434 g/mol. The molecule has 1 saturated heterocycles. The van der Waals surface area contributed by atoms with E-state index in [4.69, 9.17) is 0 Å². The predicted octanol–water partition coefficient (Wildman–Crippen LogP) is 2.64. The molecule has 3 N–H and O–H groups in total. The predicted molar refractivity (Wildman–Crippen MR) is 123 cm³/mol. The van der Waals surface area contributed by atoms with Crippen LogP contribution in [0.3, 0.4) is 0 Å². The second-order valence-electron chi connectivity index (χ2n) is 8.04. The molecule has 2 aliphatic heterocycles. The number of hydrogen-bond acceptors (Lipinski definition) is 6. The molecule has 2 aromatic heterocycles. The van der Waals surface area contributed by atoms with Gasteiger partial charge in [0.2, 0.25) is 0 Å². The van der Waals surface area contributed by atoms with E-state index < -0.39 is 0 Å². The standard InChI is InChI=1S/C23H26N6OS/c30-22(25-13-17-5-3-4-10-24-17)20-15-31-23(28-20)16-8-11-29(14-16)12-9-21-26-18-6-1-2-7-19(18)27-21/h1-7,10,15-16,23,28H,8-9,11-14H2,(H,25,30)(H,26,27). The van der Waals surface area contributed by atoms with Crippen LogP contribution in [0.2, 0.25) is 0 Å². The molecule has 0 bridgehead atoms. The van der Waals surface area contributed by atoms with Gasteiger partial charge in [0.1, 0.15) is 11.5 Å². The van der Waals surface area contributed by atoms with E-state index in [-0.39, 0.29) is 11.3 Å². The van der Waals surface area contributed by atoms with Gasteiger partial charge in [0.25, 0.3) is 5.91 Å². The number of carbonyl (C=O) groups excluding carboxylic acids is 1. The van der Waals surface area contributed by atoms with Crippen LogP contribution in [0.25, 0.3) is 11.0 Å². The fourth-order valence-corrected chi connectivity index (χ4v) is 5.28. The van der Waals surface area contributed by atoms with E-state index in [1.807, 2.05) is 41.8 Å². The number of rotatable bonds is 7.